The predicted molar refractivity (Wildman–Crippen MR) is 61.0 cm³/mol. The number of phenolic OH excluding ortho intramolecular Hbond substituents is 1. The Bertz CT molecular complexity index is 529. The number of halogens is 1. The smallest absolute Gasteiger partial charge is 0.286 e. The van der Waals surface area contributed by atoms with Crippen molar-refractivity contribution in [2.24, 2.45) is 0 Å². The van der Waals surface area contributed by atoms with E-state index in [0.29, 0.717) is 5.69 Å². The van der Waals surface area contributed by atoms with E-state index in [-0.39, 0.29) is 15.2 Å². The number of carbonyl (C=O) groups is 1. The van der Waals surface area contributed by atoms with Gasteiger partial charge in [-0.2, -0.15) is 0 Å². The Morgan fingerprint density at radius 1 is 1.44 bits per heavy atom. The van der Waals surface area contributed by atoms with E-state index in [9.17, 15) is 9.90 Å². The maximum absolute atomic E-state index is 11.6. The first-order valence-corrected chi connectivity index (χ1v) is 5.44. The lowest BCUT2D eigenvalue weighted by Crippen LogP contribution is -2.11. The van der Waals surface area contributed by atoms with E-state index in [1.165, 1.54) is 12.1 Å². The number of aromatic hydroxyl groups is 1. The minimum atomic E-state index is -0.407. The van der Waals surface area contributed by atoms with Crippen LogP contribution in [0.1, 0.15) is 9.80 Å². The number of phenols is 1. The van der Waals surface area contributed by atoms with Crippen molar-refractivity contribution < 1.29 is 9.90 Å². The standard InChI is InChI=1S/C9H6ClN3O2S/c10-9-13-12-8(16-9)7(15)11-5-2-1-3-6(14)4-5/h1-4,14H,(H,11,15). The fourth-order valence-corrected chi connectivity index (χ4v) is 1.79. The predicted octanol–water partition coefficient (Wildman–Crippen LogP) is 2.15. The van der Waals surface area contributed by atoms with Crippen LogP contribution in [0, 0.1) is 0 Å². The Morgan fingerprint density at radius 2 is 2.25 bits per heavy atom. The Morgan fingerprint density at radius 3 is 2.88 bits per heavy atom. The van der Waals surface area contributed by atoms with Crippen molar-refractivity contribution in [1.29, 1.82) is 0 Å². The zero-order valence-electron chi connectivity index (χ0n) is 7.85. The topological polar surface area (TPSA) is 75.1 Å². The molecular formula is C9H6ClN3O2S. The third-order valence-corrected chi connectivity index (χ3v) is 2.72. The van der Waals surface area contributed by atoms with Gasteiger partial charge in [-0.05, 0) is 23.7 Å². The number of hydrogen-bond acceptors (Lipinski definition) is 5. The van der Waals surface area contributed by atoms with E-state index < -0.39 is 5.91 Å². The summed E-state index contributed by atoms with van der Waals surface area (Å²) in [5.41, 5.74) is 0.483. The fraction of sp³-hybridized carbons (Fsp3) is 0. The molecule has 0 radical (unpaired) electrons. The van der Waals surface area contributed by atoms with E-state index in [2.05, 4.69) is 15.5 Å². The molecule has 1 aromatic carbocycles. The highest BCUT2D eigenvalue weighted by atomic mass is 35.5. The molecule has 1 heterocycles. The first kappa shape index (κ1) is 10.8. The first-order chi connectivity index (χ1) is 7.65. The number of carbonyl (C=O) groups excluding carboxylic acids is 1. The maximum atomic E-state index is 11.6. The molecule has 0 unspecified atom stereocenters. The van der Waals surface area contributed by atoms with Gasteiger partial charge in [0.2, 0.25) is 9.47 Å². The quantitative estimate of drug-likeness (QED) is 0.862. The summed E-state index contributed by atoms with van der Waals surface area (Å²) in [5, 5.41) is 19.1. The molecular weight excluding hydrogens is 250 g/mol. The monoisotopic (exact) mass is 255 g/mol. The van der Waals surface area contributed by atoms with Crippen molar-refractivity contribution in [3.8, 4) is 5.75 Å². The number of amides is 1. The summed E-state index contributed by atoms with van der Waals surface area (Å²) in [5.74, 6) is -0.330. The number of rotatable bonds is 2. The molecule has 0 atom stereocenters. The molecule has 0 saturated heterocycles. The summed E-state index contributed by atoms with van der Waals surface area (Å²) in [6.07, 6.45) is 0. The van der Waals surface area contributed by atoms with Crippen LogP contribution in [0.5, 0.6) is 5.75 Å². The lowest BCUT2D eigenvalue weighted by Gasteiger charge is -2.02. The Labute approximate surface area is 99.7 Å². The average Bonchev–Trinajstić information content (AvgIpc) is 2.65. The van der Waals surface area contributed by atoms with Gasteiger partial charge in [-0.3, -0.25) is 4.79 Å². The molecule has 5 nitrogen and oxygen atoms in total. The summed E-state index contributed by atoms with van der Waals surface area (Å²) < 4.78 is 0.209. The largest absolute Gasteiger partial charge is 0.508 e. The molecule has 0 aliphatic carbocycles. The number of anilines is 1. The average molecular weight is 256 g/mol. The summed E-state index contributed by atoms with van der Waals surface area (Å²) in [6, 6.07) is 6.22. The molecule has 82 valence electrons. The lowest BCUT2D eigenvalue weighted by molar-refractivity contribution is 0.102. The molecule has 1 aromatic heterocycles. The number of nitrogens with zero attached hydrogens (tertiary/aromatic N) is 2. The van der Waals surface area contributed by atoms with Gasteiger partial charge >= 0.3 is 0 Å². The van der Waals surface area contributed by atoms with Crippen LogP contribution >= 0.6 is 22.9 Å². The van der Waals surface area contributed by atoms with Crippen LogP contribution in [-0.2, 0) is 0 Å². The second-order valence-electron chi connectivity index (χ2n) is 2.86. The summed E-state index contributed by atoms with van der Waals surface area (Å²) in [4.78, 5) is 11.6. The summed E-state index contributed by atoms with van der Waals surface area (Å²) in [7, 11) is 0. The molecule has 2 rings (SSSR count). The summed E-state index contributed by atoms with van der Waals surface area (Å²) in [6.45, 7) is 0. The summed E-state index contributed by atoms with van der Waals surface area (Å²) >= 11 is 6.55. The Balaban J connectivity index is 2.13. The maximum Gasteiger partial charge on any atom is 0.286 e. The van der Waals surface area contributed by atoms with E-state index in [4.69, 9.17) is 11.6 Å². The SMILES string of the molecule is O=C(Nc1cccc(O)c1)c1nnc(Cl)s1. The van der Waals surface area contributed by atoms with Crippen molar-refractivity contribution in [2.45, 2.75) is 0 Å². The zero-order valence-corrected chi connectivity index (χ0v) is 9.42. The van der Waals surface area contributed by atoms with Gasteiger partial charge in [-0.15, -0.1) is 10.2 Å². The van der Waals surface area contributed by atoms with E-state index >= 15 is 0 Å². The highest BCUT2D eigenvalue weighted by Crippen LogP contribution is 2.19. The van der Waals surface area contributed by atoms with Crippen molar-refractivity contribution >= 4 is 34.5 Å². The lowest BCUT2D eigenvalue weighted by atomic mass is 10.3. The van der Waals surface area contributed by atoms with Crippen LogP contribution in [-0.4, -0.2) is 21.2 Å². The van der Waals surface area contributed by atoms with Gasteiger partial charge in [0.05, 0.1) is 0 Å². The highest BCUT2D eigenvalue weighted by molar-refractivity contribution is 7.17. The molecule has 2 N–H and O–H groups in total. The van der Waals surface area contributed by atoms with E-state index in [1.54, 1.807) is 12.1 Å². The highest BCUT2D eigenvalue weighted by Gasteiger charge is 2.12. The second kappa shape index (κ2) is 4.46. The van der Waals surface area contributed by atoms with Gasteiger partial charge in [0.15, 0.2) is 0 Å². The normalized spacial score (nSPS) is 10.1. The van der Waals surface area contributed by atoms with Crippen LogP contribution in [0.15, 0.2) is 24.3 Å². The van der Waals surface area contributed by atoms with E-state index in [1.807, 2.05) is 0 Å². The van der Waals surface area contributed by atoms with Gasteiger partial charge in [-0.25, -0.2) is 0 Å². The van der Waals surface area contributed by atoms with Crippen LogP contribution in [0.3, 0.4) is 0 Å². The van der Waals surface area contributed by atoms with Gasteiger partial charge in [-0.1, -0.05) is 17.4 Å². The van der Waals surface area contributed by atoms with Crippen LogP contribution < -0.4 is 5.32 Å². The second-order valence-corrected chi connectivity index (χ2v) is 4.42. The molecule has 2 aromatic rings. The van der Waals surface area contributed by atoms with Crippen LogP contribution in [0.4, 0.5) is 5.69 Å². The van der Waals surface area contributed by atoms with Crippen molar-refractivity contribution in [3.63, 3.8) is 0 Å². The molecule has 7 heteroatoms. The zero-order chi connectivity index (χ0) is 11.5. The van der Waals surface area contributed by atoms with Crippen molar-refractivity contribution in [3.05, 3.63) is 33.7 Å². The van der Waals surface area contributed by atoms with Crippen molar-refractivity contribution in [1.82, 2.24) is 10.2 Å². The van der Waals surface area contributed by atoms with E-state index in [0.717, 1.165) is 11.3 Å². The van der Waals surface area contributed by atoms with Gasteiger partial charge < -0.3 is 10.4 Å². The Kier molecular flexibility index (Phi) is 3.02. The van der Waals surface area contributed by atoms with Crippen molar-refractivity contribution in [2.75, 3.05) is 5.32 Å². The Hall–Kier alpha value is -1.66. The minimum absolute atomic E-state index is 0.0769. The molecule has 0 bridgehead atoms. The number of aromatic nitrogens is 2. The van der Waals surface area contributed by atoms with Crippen LogP contribution in [0.2, 0.25) is 4.47 Å². The van der Waals surface area contributed by atoms with Crippen LogP contribution in [0.25, 0.3) is 0 Å². The number of hydrogen-bond donors (Lipinski definition) is 2. The fourth-order valence-electron chi connectivity index (χ4n) is 1.07. The molecule has 0 fully saturated rings. The molecule has 0 spiro atoms. The molecule has 0 aliphatic rings. The van der Waals surface area contributed by atoms with Gasteiger partial charge in [0.1, 0.15) is 5.75 Å². The minimum Gasteiger partial charge on any atom is -0.508 e. The number of benzene rings is 1. The number of nitrogens with one attached hydrogen (secondary N) is 1. The van der Waals surface area contributed by atoms with Gasteiger partial charge in [0, 0.05) is 11.8 Å². The first-order valence-electron chi connectivity index (χ1n) is 4.24. The van der Waals surface area contributed by atoms with Gasteiger partial charge in [0.25, 0.3) is 5.91 Å². The molecule has 16 heavy (non-hydrogen) atoms. The molecule has 0 saturated carbocycles. The molecule has 0 aliphatic heterocycles. The third-order valence-electron chi connectivity index (χ3n) is 1.70. The third kappa shape index (κ3) is 2.47. The molecule has 1 amide bonds.